The maximum absolute atomic E-state index is 13.0. The smallest absolute Gasteiger partial charge is 0.254 e. The molecule has 1 atom stereocenters. The Morgan fingerprint density at radius 3 is 2.77 bits per heavy atom. The molecule has 0 bridgehead atoms. The molecular formula is C20H20N4O2. The SMILES string of the molecule is Cc1cc(C)nc([C@H]2CN(C(=O)c3ccc4ncccc4c3)CCO2)n1. The first-order valence-electron chi connectivity index (χ1n) is 8.68. The number of amides is 1. The summed E-state index contributed by atoms with van der Waals surface area (Å²) < 4.78 is 5.83. The average molecular weight is 348 g/mol. The van der Waals surface area contributed by atoms with Crippen LogP contribution >= 0.6 is 0 Å². The van der Waals surface area contributed by atoms with Crippen molar-refractivity contribution in [3.63, 3.8) is 0 Å². The van der Waals surface area contributed by atoms with Crippen LogP contribution in [0.4, 0.5) is 0 Å². The van der Waals surface area contributed by atoms with Gasteiger partial charge in [0.05, 0.1) is 18.7 Å². The van der Waals surface area contributed by atoms with Gasteiger partial charge in [-0.3, -0.25) is 9.78 Å². The summed E-state index contributed by atoms with van der Waals surface area (Å²) in [6.07, 6.45) is 1.45. The van der Waals surface area contributed by atoms with Crippen molar-refractivity contribution in [2.24, 2.45) is 0 Å². The first-order valence-corrected chi connectivity index (χ1v) is 8.68. The molecule has 1 saturated heterocycles. The highest BCUT2D eigenvalue weighted by Gasteiger charge is 2.28. The summed E-state index contributed by atoms with van der Waals surface area (Å²) in [6, 6.07) is 11.4. The lowest BCUT2D eigenvalue weighted by molar-refractivity contribution is -0.0269. The summed E-state index contributed by atoms with van der Waals surface area (Å²) in [5, 5.41) is 0.959. The first kappa shape index (κ1) is 16.6. The van der Waals surface area contributed by atoms with E-state index >= 15 is 0 Å². The van der Waals surface area contributed by atoms with E-state index in [4.69, 9.17) is 4.74 Å². The zero-order valence-corrected chi connectivity index (χ0v) is 14.8. The summed E-state index contributed by atoms with van der Waals surface area (Å²) in [5.74, 6) is 0.635. The molecule has 1 aliphatic rings. The lowest BCUT2D eigenvalue weighted by atomic mass is 10.1. The summed E-state index contributed by atoms with van der Waals surface area (Å²) in [6.45, 7) is 5.36. The molecule has 3 heterocycles. The molecule has 2 aromatic heterocycles. The van der Waals surface area contributed by atoms with Gasteiger partial charge in [0.15, 0.2) is 5.82 Å². The number of hydrogen-bond acceptors (Lipinski definition) is 5. The van der Waals surface area contributed by atoms with Crippen molar-refractivity contribution in [3.8, 4) is 0 Å². The highest BCUT2D eigenvalue weighted by atomic mass is 16.5. The van der Waals surface area contributed by atoms with Crippen molar-refractivity contribution in [2.75, 3.05) is 19.7 Å². The summed E-state index contributed by atoms with van der Waals surface area (Å²) in [7, 11) is 0. The predicted molar refractivity (Wildman–Crippen MR) is 97.8 cm³/mol. The molecule has 132 valence electrons. The fraction of sp³-hybridized carbons (Fsp3) is 0.300. The minimum atomic E-state index is -0.298. The van der Waals surface area contributed by atoms with Gasteiger partial charge in [0.25, 0.3) is 5.91 Å². The summed E-state index contributed by atoms with van der Waals surface area (Å²) >= 11 is 0. The first-order chi connectivity index (χ1) is 12.6. The van der Waals surface area contributed by atoms with Gasteiger partial charge < -0.3 is 9.64 Å². The van der Waals surface area contributed by atoms with Gasteiger partial charge in [-0.05, 0) is 44.2 Å². The number of ether oxygens (including phenoxy) is 1. The summed E-state index contributed by atoms with van der Waals surface area (Å²) in [5.41, 5.74) is 3.35. The topological polar surface area (TPSA) is 68.2 Å². The Labute approximate surface area is 151 Å². The molecule has 0 spiro atoms. The Morgan fingerprint density at radius 2 is 1.96 bits per heavy atom. The molecule has 0 aliphatic carbocycles. The van der Waals surface area contributed by atoms with Crippen molar-refractivity contribution in [1.82, 2.24) is 19.9 Å². The van der Waals surface area contributed by atoms with E-state index in [1.54, 1.807) is 6.20 Å². The maximum Gasteiger partial charge on any atom is 0.254 e. The normalized spacial score (nSPS) is 17.5. The van der Waals surface area contributed by atoms with E-state index < -0.39 is 0 Å². The zero-order chi connectivity index (χ0) is 18.1. The van der Waals surface area contributed by atoms with Gasteiger partial charge >= 0.3 is 0 Å². The van der Waals surface area contributed by atoms with E-state index in [-0.39, 0.29) is 12.0 Å². The number of morpholine rings is 1. The second kappa shape index (κ2) is 6.80. The molecular weight excluding hydrogens is 328 g/mol. The number of aromatic nitrogens is 3. The second-order valence-electron chi connectivity index (χ2n) is 6.53. The van der Waals surface area contributed by atoms with Crippen molar-refractivity contribution in [3.05, 3.63) is 65.4 Å². The van der Waals surface area contributed by atoms with Gasteiger partial charge in [-0.15, -0.1) is 0 Å². The van der Waals surface area contributed by atoms with Crippen LogP contribution in [0.15, 0.2) is 42.6 Å². The molecule has 26 heavy (non-hydrogen) atoms. The third-order valence-corrected chi connectivity index (χ3v) is 4.49. The highest BCUT2D eigenvalue weighted by molar-refractivity contribution is 5.98. The van der Waals surface area contributed by atoms with E-state index in [1.165, 1.54) is 0 Å². The Balaban J connectivity index is 1.57. The van der Waals surface area contributed by atoms with Crippen LogP contribution in [0.3, 0.4) is 0 Å². The van der Waals surface area contributed by atoms with Crippen LogP contribution < -0.4 is 0 Å². The van der Waals surface area contributed by atoms with Crippen LogP contribution in [-0.4, -0.2) is 45.5 Å². The number of aryl methyl sites for hydroxylation is 2. The van der Waals surface area contributed by atoms with Gasteiger partial charge in [0, 0.05) is 35.1 Å². The Kier molecular flexibility index (Phi) is 4.34. The van der Waals surface area contributed by atoms with E-state index in [9.17, 15) is 4.79 Å². The number of hydrogen-bond donors (Lipinski definition) is 0. The van der Waals surface area contributed by atoms with Gasteiger partial charge in [0.1, 0.15) is 6.10 Å². The molecule has 1 fully saturated rings. The van der Waals surface area contributed by atoms with Crippen molar-refractivity contribution in [1.29, 1.82) is 0 Å². The second-order valence-corrected chi connectivity index (χ2v) is 6.53. The van der Waals surface area contributed by atoms with E-state index in [0.717, 1.165) is 22.3 Å². The maximum atomic E-state index is 13.0. The third kappa shape index (κ3) is 3.28. The molecule has 3 aromatic rings. The molecule has 1 aromatic carbocycles. The molecule has 1 aliphatic heterocycles. The van der Waals surface area contributed by atoms with Crippen LogP contribution in [0.2, 0.25) is 0 Å². The molecule has 0 saturated carbocycles. The fourth-order valence-corrected chi connectivity index (χ4v) is 3.28. The fourth-order valence-electron chi connectivity index (χ4n) is 3.28. The minimum absolute atomic E-state index is 0.00609. The van der Waals surface area contributed by atoms with Crippen LogP contribution in [0.1, 0.15) is 33.7 Å². The van der Waals surface area contributed by atoms with Crippen molar-refractivity contribution >= 4 is 16.8 Å². The lowest BCUT2D eigenvalue weighted by Gasteiger charge is -2.32. The zero-order valence-electron chi connectivity index (χ0n) is 14.8. The number of carbonyl (C=O) groups is 1. The Hall–Kier alpha value is -2.86. The van der Waals surface area contributed by atoms with Gasteiger partial charge in [-0.25, -0.2) is 9.97 Å². The number of rotatable bonds is 2. The average Bonchev–Trinajstić information content (AvgIpc) is 2.66. The van der Waals surface area contributed by atoms with Gasteiger partial charge in [0.2, 0.25) is 0 Å². The molecule has 6 nitrogen and oxygen atoms in total. The number of benzene rings is 1. The lowest BCUT2D eigenvalue weighted by Crippen LogP contribution is -2.42. The van der Waals surface area contributed by atoms with E-state index in [2.05, 4.69) is 15.0 Å². The predicted octanol–water partition coefficient (Wildman–Crippen LogP) is 2.86. The van der Waals surface area contributed by atoms with Gasteiger partial charge in [-0.2, -0.15) is 0 Å². The van der Waals surface area contributed by atoms with Crippen LogP contribution in [-0.2, 0) is 4.74 Å². The number of nitrogens with zero attached hydrogens (tertiary/aromatic N) is 4. The van der Waals surface area contributed by atoms with E-state index in [0.29, 0.717) is 31.1 Å². The number of carbonyl (C=O) groups excluding carboxylic acids is 1. The van der Waals surface area contributed by atoms with Crippen LogP contribution in [0, 0.1) is 13.8 Å². The van der Waals surface area contributed by atoms with E-state index in [1.807, 2.05) is 55.1 Å². The van der Waals surface area contributed by atoms with Crippen LogP contribution in [0.25, 0.3) is 10.9 Å². The number of pyridine rings is 1. The third-order valence-electron chi connectivity index (χ3n) is 4.49. The molecule has 0 unspecified atom stereocenters. The molecule has 0 N–H and O–H groups in total. The summed E-state index contributed by atoms with van der Waals surface area (Å²) in [4.78, 5) is 28.0. The standard InChI is InChI=1S/C20H20N4O2/c1-13-10-14(2)23-19(22-13)18-12-24(8-9-26-18)20(25)16-5-6-17-15(11-16)4-3-7-21-17/h3-7,10-11,18H,8-9,12H2,1-2H3/t18-/m1/s1. The quantitative estimate of drug-likeness (QED) is 0.712. The molecule has 1 amide bonds. The Bertz CT molecular complexity index is 953. The van der Waals surface area contributed by atoms with Crippen molar-refractivity contribution < 1.29 is 9.53 Å². The Morgan fingerprint density at radius 1 is 1.15 bits per heavy atom. The monoisotopic (exact) mass is 348 g/mol. The number of fused-ring (bicyclic) bond motifs is 1. The van der Waals surface area contributed by atoms with Gasteiger partial charge in [-0.1, -0.05) is 6.07 Å². The van der Waals surface area contributed by atoms with Crippen molar-refractivity contribution in [2.45, 2.75) is 20.0 Å². The molecule has 0 radical (unpaired) electrons. The largest absolute Gasteiger partial charge is 0.367 e. The molecule has 6 heteroatoms. The minimum Gasteiger partial charge on any atom is -0.367 e. The van der Waals surface area contributed by atoms with Crippen LogP contribution in [0.5, 0.6) is 0 Å². The molecule has 4 rings (SSSR count). The highest BCUT2D eigenvalue weighted by Crippen LogP contribution is 2.22.